The Bertz CT molecular complexity index is 233. The van der Waals surface area contributed by atoms with Gasteiger partial charge in [0.05, 0.1) is 12.7 Å². The van der Waals surface area contributed by atoms with Crippen molar-refractivity contribution in [2.45, 2.75) is 46.2 Å². The zero-order valence-corrected chi connectivity index (χ0v) is 9.29. The quantitative estimate of drug-likeness (QED) is 0.760. The van der Waals surface area contributed by atoms with Crippen LogP contribution in [0.1, 0.15) is 39.4 Å². The van der Waals surface area contributed by atoms with E-state index in [9.17, 15) is 0 Å². The first-order chi connectivity index (χ1) is 6.72. The van der Waals surface area contributed by atoms with E-state index in [-0.39, 0.29) is 0 Å². The minimum absolute atomic E-state index is 0.537. The maximum absolute atomic E-state index is 5.14. The molecule has 0 aliphatic heterocycles. The van der Waals surface area contributed by atoms with Crippen LogP contribution < -0.4 is 5.32 Å². The number of nitrogens with zero attached hydrogens (tertiary/aromatic N) is 1. The van der Waals surface area contributed by atoms with Crippen LogP contribution in [-0.4, -0.2) is 11.0 Å². The van der Waals surface area contributed by atoms with Crippen molar-refractivity contribution >= 4 is 0 Å². The van der Waals surface area contributed by atoms with Gasteiger partial charge in [-0.2, -0.15) is 0 Å². The predicted molar refractivity (Wildman–Crippen MR) is 56.9 cm³/mol. The van der Waals surface area contributed by atoms with Crippen molar-refractivity contribution in [3.8, 4) is 0 Å². The molecule has 1 rings (SSSR count). The Balaban J connectivity index is 2.18. The van der Waals surface area contributed by atoms with Crippen molar-refractivity contribution in [1.82, 2.24) is 10.3 Å². The second-order valence-electron chi connectivity index (χ2n) is 4.00. The Morgan fingerprint density at radius 3 is 2.86 bits per heavy atom. The molecule has 3 nitrogen and oxygen atoms in total. The van der Waals surface area contributed by atoms with Crippen molar-refractivity contribution in [3.05, 3.63) is 18.4 Å². The highest BCUT2D eigenvalue weighted by Gasteiger charge is 2.07. The first kappa shape index (κ1) is 11.2. The largest absolute Gasteiger partial charge is 0.447 e. The molecular weight excluding hydrogens is 176 g/mol. The third kappa shape index (κ3) is 3.92. The normalized spacial score (nSPS) is 15.4. The molecule has 0 saturated heterocycles. The number of hydrogen-bond donors (Lipinski definition) is 1. The lowest BCUT2D eigenvalue weighted by atomic mass is 10.0. The van der Waals surface area contributed by atoms with Crippen LogP contribution in [-0.2, 0) is 6.54 Å². The van der Waals surface area contributed by atoms with E-state index in [1.54, 1.807) is 6.20 Å². The SMILES string of the molecule is CCC(C)CC(C)NCc1cnco1. The Kier molecular flexibility index (Phi) is 4.66. The summed E-state index contributed by atoms with van der Waals surface area (Å²) >= 11 is 0. The summed E-state index contributed by atoms with van der Waals surface area (Å²) in [6.07, 6.45) is 5.68. The molecule has 1 heterocycles. The van der Waals surface area contributed by atoms with E-state index in [2.05, 4.69) is 31.1 Å². The lowest BCUT2D eigenvalue weighted by Crippen LogP contribution is -2.27. The molecule has 3 heteroatoms. The standard InChI is InChI=1S/C11H20N2O/c1-4-9(2)5-10(3)13-7-11-6-12-8-14-11/h6,8-10,13H,4-5,7H2,1-3H3. The molecule has 0 spiro atoms. The van der Waals surface area contributed by atoms with Gasteiger partial charge in [-0.1, -0.05) is 20.3 Å². The highest BCUT2D eigenvalue weighted by Crippen LogP contribution is 2.09. The van der Waals surface area contributed by atoms with Crippen molar-refractivity contribution in [3.63, 3.8) is 0 Å². The molecule has 14 heavy (non-hydrogen) atoms. The summed E-state index contributed by atoms with van der Waals surface area (Å²) < 4.78 is 5.14. The van der Waals surface area contributed by atoms with Gasteiger partial charge in [0.1, 0.15) is 5.76 Å². The maximum Gasteiger partial charge on any atom is 0.180 e. The summed E-state index contributed by atoms with van der Waals surface area (Å²) in [6.45, 7) is 7.50. The van der Waals surface area contributed by atoms with E-state index in [1.807, 2.05) is 0 Å². The minimum atomic E-state index is 0.537. The van der Waals surface area contributed by atoms with Gasteiger partial charge in [-0.05, 0) is 19.3 Å². The fourth-order valence-corrected chi connectivity index (χ4v) is 1.46. The molecule has 0 saturated carbocycles. The van der Waals surface area contributed by atoms with Gasteiger partial charge in [0, 0.05) is 6.04 Å². The first-order valence-electron chi connectivity index (χ1n) is 5.33. The van der Waals surface area contributed by atoms with Gasteiger partial charge in [0.2, 0.25) is 0 Å². The van der Waals surface area contributed by atoms with Crippen LogP contribution in [0.4, 0.5) is 0 Å². The molecule has 1 aromatic rings. The highest BCUT2D eigenvalue weighted by molar-refractivity contribution is 4.87. The summed E-state index contributed by atoms with van der Waals surface area (Å²) in [7, 11) is 0. The molecule has 1 aromatic heterocycles. The van der Waals surface area contributed by atoms with Gasteiger partial charge >= 0.3 is 0 Å². The van der Waals surface area contributed by atoms with Gasteiger partial charge in [0.15, 0.2) is 6.39 Å². The van der Waals surface area contributed by atoms with E-state index in [1.165, 1.54) is 19.2 Å². The third-order valence-corrected chi connectivity index (χ3v) is 2.56. The van der Waals surface area contributed by atoms with E-state index in [4.69, 9.17) is 4.42 Å². The second-order valence-corrected chi connectivity index (χ2v) is 4.00. The van der Waals surface area contributed by atoms with E-state index in [0.717, 1.165) is 18.2 Å². The average Bonchev–Trinajstić information content (AvgIpc) is 2.67. The smallest absolute Gasteiger partial charge is 0.180 e. The zero-order valence-electron chi connectivity index (χ0n) is 9.29. The van der Waals surface area contributed by atoms with Gasteiger partial charge < -0.3 is 9.73 Å². The molecule has 0 amide bonds. The van der Waals surface area contributed by atoms with Crippen LogP contribution in [0.5, 0.6) is 0 Å². The molecule has 0 aromatic carbocycles. The first-order valence-corrected chi connectivity index (χ1v) is 5.33. The molecule has 80 valence electrons. The lowest BCUT2D eigenvalue weighted by Gasteiger charge is -2.16. The summed E-state index contributed by atoms with van der Waals surface area (Å²) in [5, 5.41) is 3.42. The van der Waals surface area contributed by atoms with Gasteiger partial charge in [-0.15, -0.1) is 0 Å². The van der Waals surface area contributed by atoms with Crippen LogP contribution in [0.2, 0.25) is 0 Å². The van der Waals surface area contributed by atoms with Crippen LogP contribution in [0, 0.1) is 5.92 Å². The van der Waals surface area contributed by atoms with Crippen molar-refractivity contribution < 1.29 is 4.42 Å². The summed E-state index contributed by atoms with van der Waals surface area (Å²) in [4.78, 5) is 3.87. The van der Waals surface area contributed by atoms with Crippen LogP contribution in [0.25, 0.3) is 0 Å². The summed E-state index contributed by atoms with van der Waals surface area (Å²) in [6, 6.07) is 0.537. The van der Waals surface area contributed by atoms with Gasteiger partial charge in [-0.25, -0.2) is 4.98 Å². The molecular formula is C11H20N2O. The van der Waals surface area contributed by atoms with E-state index >= 15 is 0 Å². The number of rotatable bonds is 6. The number of hydrogen-bond acceptors (Lipinski definition) is 3. The zero-order chi connectivity index (χ0) is 10.4. The van der Waals surface area contributed by atoms with E-state index < -0.39 is 0 Å². The topological polar surface area (TPSA) is 38.1 Å². The molecule has 2 atom stereocenters. The molecule has 0 aliphatic rings. The Morgan fingerprint density at radius 2 is 2.29 bits per heavy atom. The van der Waals surface area contributed by atoms with Gasteiger partial charge in [0.25, 0.3) is 0 Å². The number of aromatic nitrogens is 1. The Morgan fingerprint density at radius 1 is 1.50 bits per heavy atom. The molecule has 0 fully saturated rings. The Labute approximate surface area is 85.9 Å². The van der Waals surface area contributed by atoms with Crippen molar-refractivity contribution in [2.75, 3.05) is 0 Å². The van der Waals surface area contributed by atoms with Crippen LogP contribution in [0.3, 0.4) is 0 Å². The van der Waals surface area contributed by atoms with Crippen LogP contribution >= 0.6 is 0 Å². The number of nitrogens with one attached hydrogen (secondary N) is 1. The van der Waals surface area contributed by atoms with Crippen LogP contribution in [0.15, 0.2) is 17.0 Å². The van der Waals surface area contributed by atoms with Gasteiger partial charge in [-0.3, -0.25) is 0 Å². The Hall–Kier alpha value is -0.830. The predicted octanol–water partition coefficient (Wildman–Crippen LogP) is 2.59. The summed E-state index contributed by atoms with van der Waals surface area (Å²) in [5.41, 5.74) is 0. The fourth-order valence-electron chi connectivity index (χ4n) is 1.46. The van der Waals surface area contributed by atoms with Crippen molar-refractivity contribution in [1.29, 1.82) is 0 Å². The second kappa shape index (κ2) is 5.81. The molecule has 0 radical (unpaired) electrons. The lowest BCUT2D eigenvalue weighted by molar-refractivity contribution is 0.391. The average molecular weight is 196 g/mol. The van der Waals surface area contributed by atoms with Crippen molar-refractivity contribution in [2.24, 2.45) is 5.92 Å². The third-order valence-electron chi connectivity index (χ3n) is 2.56. The highest BCUT2D eigenvalue weighted by atomic mass is 16.3. The fraction of sp³-hybridized carbons (Fsp3) is 0.727. The molecule has 1 N–H and O–H groups in total. The molecule has 0 aliphatic carbocycles. The van der Waals surface area contributed by atoms with E-state index in [0.29, 0.717) is 6.04 Å². The molecule has 2 unspecified atom stereocenters. The summed E-state index contributed by atoms with van der Waals surface area (Å²) in [5.74, 6) is 1.69. The minimum Gasteiger partial charge on any atom is -0.447 e. The maximum atomic E-state index is 5.14. The molecule has 0 bridgehead atoms. The monoisotopic (exact) mass is 196 g/mol. The number of oxazole rings is 1.